The molecule has 1 nitrogen and oxygen atoms in total. The van der Waals surface area contributed by atoms with Gasteiger partial charge in [0.2, 0.25) is 0 Å². The number of hydrogen-bond donors (Lipinski definition) is 0. The highest BCUT2D eigenvalue weighted by Gasteiger charge is 2.31. The van der Waals surface area contributed by atoms with Crippen LogP contribution >= 0.6 is 27.3 Å². The minimum Gasteiger partial charge on any atom is -0.293 e. The molecule has 0 aromatic carbocycles. The van der Waals surface area contributed by atoms with Crippen LogP contribution in [0.3, 0.4) is 0 Å². The maximum absolute atomic E-state index is 12.5. The fraction of sp³-hybridized carbons (Fsp3) is 0.643. The molecule has 1 heterocycles. The van der Waals surface area contributed by atoms with Gasteiger partial charge in [0, 0.05) is 5.92 Å². The van der Waals surface area contributed by atoms with E-state index in [1.54, 1.807) is 11.3 Å². The number of rotatable bonds is 3. The molecule has 94 valence electrons. The van der Waals surface area contributed by atoms with Gasteiger partial charge in [-0.3, -0.25) is 4.79 Å². The Labute approximate surface area is 116 Å². The molecule has 0 aliphatic heterocycles. The van der Waals surface area contributed by atoms with Crippen LogP contribution in [0, 0.1) is 18.8 Å². The number of carbonyl (C=O) groups excluding carboxylic acids is 1. The van der Waals surface area contributed by atoms with E-state index in [1.807, 2.05) is 6.07 Å². The van der Waals surface area contributed by atoms with E-state index >= 15 is 0 Å². The predicted molar refractivity (Wildman–Crippen MR) is 76.8 cm³/mol. The van der Waals surface area contributed by atoms with Gasteiger partial charge in [-0.05, 0) is 53.2 Å². The van der Waals surface area contributed by atoms with Crippen LogP contribution in [-0.4, -0.2) is 5.78 Å². The first-order valence-corrected chi connectivity index (χ1v) is 8.04. The molecular weight excluding hydrogens is 296 g/mol. The molecule has 2 unspecified atom stereocenters. The van der Waals surface area contributed by atoms with Gasteiger partial charge in [-0.25, -0.2) is 0 Å². The lowest BCUT2D eigenvalue weighted by Crippen LogP contribution is -2.26. The first-order chi connectivity index (χ1) is 8.13. The van der Waals surface area contributed by atoms with Crippen LogP contribution < -0.4 is 0 Å². The van der Waals surface area contributed by atoms with Crippen LogP contribution in [0.15, 0.2) is 9.85 Å². The number of hydrogen-bond acceptors (Lipinski definition) is 2. The number of aryl methyl sites for hydroxylation is 1. The molecule has 3 heteroatoms. The molecule has 1 aromatic heterocycles. The molecule has 0 bridgehead atoms. The van der Waals surface area contributed by atoms with Crippen molar-refractivity contribution in [3.05, 3.63) is 20.3 Å². The highest BCUT2D eigenvalue weighted by molar-refractivity contribution is 9.11. The lowest BCUT2D eigenvalue weighted by molar-refractivity contribution is 0.0824. The first-order valence-electron chi connectivity index (χ1n) is 6.43. The second-order valence-corrected chi connectivity index (χ2v) is 7.36. The van der Waals surface area contributed by atoms with Crippen molar-refractivity contribution in [2.75, 3.05) is 0 Å². The Morgan fingerprint density at radius 2 is 2.18 bits per heavy atom. The summed E-state index contributed by atoms with van der Waals surface area (Å²) in [6.45, 7) is 4.27. The summed E-state index contributed by atoms with van der Waals surface area (Å²) in [7, 11) is 0. The Bertz CT molecular complexity index is 391. The maximum atomic E-state index is 12.5. The molecule has 1 fully saturated rings. The zero-order chi connectivity index (χ0) is 12.4. The van der Waals surface area contributed by atoms with Gasteiger partial charge in [0.25, 0.3) is 0 Å². The van der Waals surface area contributed by atoms with Gasteiger partial charge in [0.15, 0.2) is 5.78 Å². The van der Waals surface area contributed by atoms with Crippen molar-refractivity contribution in [2.45, 2.75) is 46.0 Å². The quantitative estimate of drug-likeness (QED) is 0.699. The zero-order valence-electron chi connectivity index (χ0n) is 10.5. The molecule has 1 aromatic rings. The number of ketones is 1. The molecule has 0 saturated heterocycles. The van der Waals surface area contributed by atoms with Gasteiger partial charge in [0.1, 0.15) is 0 Å². The molecule has 0 amide bonds. The molecule has 2 rings (SSSR count). The molecule has 0 N–H and O–H groups in total. The number of halogens is 1. The van der Waals surface area contributed by atoms with Crippen molar-refractivity contribution in [3.8, 4) is 0 Å². The van der Waals surface area contributed by atoms with Gasteiger partial charge in [-0.15, -0.1) is 11.3 Å². The highest BCUT2D eigenvalue weighted by Crippen LogP contribution is 2.37. The van der Waals surface area contributed by atoms with Crippen LogP contribution in [0.2, 0.25) is 0 Å². The largest absolute Gasteiger partial charge is 0.293 e. The SMILES string of the molecule is CCC1CCCCC1C(=O)c1cc(C)c(Br)s1. The summed E-state index contributed by atoms with van der Waals surface area (Å²) >= 11 is 5.10. The lowest BCUT2D eigenvalue weighted by atomic mass is 9.75. The average Bonchev–Trinajstić information content (AvgIpc) is 2.68. The van der Waals surface area contributed by atoms with Crippen LogP contribution in [0.4, 0.5) is 0 Å². The summed E-state index contributed by atoms with van der Waals surface area (Å²) in [6, 6.07) is 2.04. The third-order valence-electron chi connectivity index (χ3n) is 3.87. The third-order valence-corrected chi connectivity index (χ3v) is 6.02. The van der Waals surface area contributed by atoms with Crippen molar-refractivity contribution >= 4 is 33.0 Å². The Balaban J connectivity index is 2.18. The second kappa shape index (κ2) is 5.66. The lowest BCUT2D eigenvalue weighted by Gasteiger charge is -2.29. The molecule has 0 spiro atoms. The van der Waals surface area contributed by atoms with E-state index in [0.717, 1.165) is 21.5 Å². The summed E-state index contributed by atoms with van der Waals surface area (Å²) in [5.74, 6) is 1.27. The Morgan fingerprint density at radius 3 is 2.76 bits per heavy atom. The summed E-state index contributed by atoms with van der Waals surface area (Å²) in [6.07, 6.45) is 5.99. The first kappa shape index (κ1) is 13.3. The molecular formula is C14H19BrOS. The minimum absolute atomic E-state index is 0.277. The number of Topliss-reactive ketones (excluding diaryl/α,β-unsaturated/α-hetero) is 1. The molecule has 1 aliphatic carbocycles. The van der Waals surface area contributed by atoms with Gasteiger partial charge in [-0.1, -0.05) is 26.2 Å². The van der Waals surface area contributed by atoms with Crippen molar-refractivity contribution < 1.29 is 4.79 Å². The standard InChI is InChI=1S/C14H19BrOS/c1-3-10-6-4-5-7-11(10)13(16)12-8-9(2)14(15)17-12/h8,10-11H,3-7H2,1-2H3. The molecule has 1 saturated carbocycles. The van der Waals surface area contributed by atoms with Crippen molar-refractivity contribution in [3.63, 3.8) is 0 Å². The fourth-order valence-corrected chi connectivity index (χ4v) is 4.34. The molecule has 0 radical (unpaired) electrons. The maximum Gasteiger partial charge on any atom is 0.176 e. The van der Waals surface area contributed by atoms with Gasteiger partial charge in [0.05, 0.1) is 8.66 Å². The van der Waals surface area contributed by atoms with E-state index in [2.05, 4.69) is 29.8 Å². The monoisotopic (exact) mass is 314 g/mol. The topological polar surface area (TPSA) is 17.1 Å². The van der Waals surface area contributed by atoms with Crippen molar-refractivity contribution in [1.82, 2.24) is 0 Å². The van der Waals surface area contributed by atoms with Gasteiger partial charge >= 0.3 is 0 Å². The summed E-state index contributed by atoms with van der Waals surface area (Å²) in [5, 5.41) is 0. The van der Waals surface area contributed by atoms with E-state index in [-0.39, 0.29) is 5.92 Å². The smallest absolute Gasteiger partial charge is 0.176 e. The molecule has 17 heavy (non-hydrogen) atoms. The minimum atomic E-state index is 0.277. The normalized spacial score (nSPS) is 24.9. The molecule has 2 atom stereocenters. The second-order valence-electron chi connectivity index (χ2n) is 4.99. The van der Waals surface area contributed by atoms with Crippen molar-refractivity contribution in [1.29, 1.82) is 0 Å². The van der Waals surface area contributed by atoms with Crippen LogP contribution in [0.5, 0.6) is 0 Å². The Kier molecular flexibility index (Phi) is 4.42. The van der Waals surface area contributed by atoms with E-state index in [1.165, 1.54) is 24.8 Å². The summed E-state index contributed by atoms with van der Waals surface area (Å²) in [5.41, 5.74) is 1.18. The average molecular weight is 315 g/mol. The summed E-state index contributed by atoms with van der Waals surface area (Å²) < 4.78 is 1.10. The van der Waals surface area contributed by atoms with Crippen LogP contribution in [-0.2, 0) is 0 Å². The highest BCUT2D eigenvalue weighted by atomic mass is 79.9. The number of carbonyl (C=O) groups is 1. The van der Waals surface area contributed by atoms with E-state index in [9.17, 15) is 4.79 Å². The Morgan fingerprint density at radius 1 is 1.47 bits per heavy atom. The fourth-order valence-electron chi connectivity index (χ4n) is 2.81. The van der Waals surface area contributed by atoms with E-state index in [0.29, 0.717) is 11.7 Å². The summed E-state index contributed by atoms with van der Waals surface area (Å²) in [4.78, 5) is 13.5. The predicted octanol–water partition coefficient (Wildman–Crippen LogP) is 5.22. The zero-order valence-corrected chi connectivity index (χ0v) is 12.9. The molecule has 1 aliphatic rings. The van der Waals surface area contributed by atoms with Crippen molar-refractivity contribution in [2.24, 2.45) is 11.8 Å². The third kappa shape index (κ3) is 2.82. The van der Waals surface area contributed by atoms with Gasteiger partial charge in [-0.2, -0.15) is 0 Å². The van der Waals surface area contributed by atoms with Crippen LogP contribution in [0.25, 0.3) is 0 Å². The number of thiophene rings is 1. The van der Waals surface area contributed by atoms with E-state index < -0.39 is 0 Å². The Hall–Kier alpha value is -0.150. The van der Waals surface area contributed by atoms with Gasteiger partial charge < -0.3 is 0 Å². The van der Waals surface area contributed by atoms with E-state index in [4.69, 9.17) is 0 Å². The van der Waals surface area contributed by atoms with Crippen LogP contribution in [0.1, 0.15) is 54.3 Å².